The molecule has 0 heterocycles. The molecule has 0 aliphatic heterocycles. The predicted molar refractivity (Wildman–Crippen MR) is 108 cm³/mol. The van der Waals surface area contributed by atoms with Gasteiger partial charge in [-0.1, -0.05) is 55.3 Å². The van der Waals surface area contributed by atoms with Crippen LogP contribution in [0, 0.1) is 12.8 Å². The summed E-state index contributed by atoms with van der Waals surface area (Å²) < 4.78 is 27.8. The second-order valence-corrected chi connectivity index (χ2v) is 9.36. The van der Waals surface area contributed by atoms with Crippen molar-refractivity contribution in [3.8, 4) is 0 Å². The number of aryl methyl sites for hydroxylation is 1. The van der Waals surface area contributed by atoms with Gasteiger partial charge in [0.05, 0.1) is 4.90 Å². The minimum absolute atomic E-state index is 0.0611. The Morgan fingerprint density at radius 3 is 2.11 bits per heavy atom. The van der Waals surface area contributed by atoms with Crippen LogP contribution in [-0.2, 0) is 21.4 Å². The first-order valence-corrected chi connectivity index (χ1v) is 10.6. The topological polar surface area (TPSA) is 80.5 Å². The number of sulfonamides is 1. The molecule has 2 aromatic carbocycles. The van der Waals surface area contributed by atoms with Crippen molar-refractivity contribution in [1.82, 2.24) is 4.31 Å². The van der Waals surface area contributed by atoms with Gasteiger partial charge < -0.3 is 5.73 Å². The van der Waals surface area contributed by atoms with Crippen LogP contribution in [0.5, 0.6) is 0 Å². The van der Waals surface area contributed by atoms with E-state index in [9.17, 15) is 13.2 Å². The lowest BCUT2D eigenvalue weighted by molar-refractivity contribution is -0.122. The van der Waals surface area contributed by atoms with Gasteiger partial charge in [-0.2, -0.15) is 4.31 Å². The molecule has 0 aliphatic carbocycles. The number of rotatable bonds is 8. The largest absolute Gasteiger partial charge is 0.368 e. The third-order valence-electron chi connectivity index (χ3n) is 4.25. The zero-order valence-electron chi connectivity index (χ0n) is 15.7. The Kier molecular flexibility index (Phi) is 7.03. The fourth-order valence-corrected chi connectivity index (χ4v) is 4.52. The number of hydrogen-bond acceptors (Lipinski definition) is 3. The predicted octanol–water partition coefficient (Wildman–Crippen LogP) is 3.74. The monoisotopic (exact) mass is 408 g/mol. The average molecular weight is 409 g/mol. The summed E-state index contributed by atoms with van der Waals surface area (Å²) in [6.45, 7) is 5.87. The van der Waals surface area contributed by atoms with Crippen molar-refractivity contribution in [3.05, 3.63) is 64.7 Å². The molecular weight excluding hydrogens is 384 g/mol. The molecule has 0 aliphatic rings. The van der Waals surface area contributed by atoms with Gasteiger partial charge in [-0.15, -0.1) is 0 Å². The van der Waals surface area contributed by atoms with E-state index in [0.717, 1.165) is 11.1 Å². The Bertz CT molecular complexity index is 878. The van der Waals surface area contributed by atoms with Gasteiger partial charge in [-0.05, 0) is 49.1 Å². The van der Waals surface area contributed by atoms with E-state index < -0.39 is 22.0 Å². The van der Waals surface area contributed by atoms with Crippen LogP contribution in [0.15, 0.2) is 53.4 Å². The molecule has 0 radical (unpaired) electrons. The van der Waals surface area contributed by atoms with Crippen LogP contribution >= 0.6 is 11.6 Å². The lowest BCUT2D eigenvalue weighted by Gasteiger charge is -2.30. The maximum absolute atomic E-state index is 13.3. The van der Waals surface area contributed by atoms with Crippen LogP contribution in [0.3, 0.4) is 0 Å². The van der Waals surface area contributed by atoms with Gasteiger partial charge in [0.15, 0.2) is 0 Å². The molecule has 0 saturated carbocycles. The van der Waals surface area contributed by atoms with Crippen LogP contribution < -0.4 is 5.73 Å². The quantitative estimate of drug-likeness (QED) is 0.722. The smallest absolute Gasteiger partial charge is 0.244 e. The van der Waals surface area contributed by atoms with Crippen molar-refractivity contribution >= 4 is 27.5 Å². The Morgan fingerprint density at radius 2 is 1.63 bits per heavy atom. The molecule has 1 amide bonds. The van der Waals surface area contributed by atoms with Crippen LogP contribution in [0.1, 0.15) is 31.4 Å². The summed E-state index contributed by atoms with van der Waals surface area (Å²) in [5.74, 6) is -0.559. The molecule has 0 spiro atoms. The highest BCUT2D eigenvalue weighted by molar-refractivity contribution is 7.89. The summed E-state index contributed by atoms with van der Waals surface area (Å²) in [6, 6.07) is 12.5. The van der Waals surface area contributed by atoms with Gasteiger partial charge in [0.25, 0.3) is 0 Å². The van der Waals surface area contributed by atoms with Crippen molar-refractivity contribution < 1.29 is 13.2 Å². The van der Waals surface area contributed by atoms with E-state index in [2.05, 4.69) is 0 Å². The maximum atomic E-state index is 13.3. The first-order chi connectivity index (χ1) is 12.6. The lowest BCUT2D eigenvalue weighted by Crippen LogP contribution is -2.48. The average Bonchev–Trinajstić information content (AvgIpc) is 2.59. The number of nitrogens with zero attached hydrogens (tertiary/aromatic N) is 1. The molecule has 2 N–H and O–H groups in total. The minimum Gasteiger partial charge on any atom is -0.368 e. The van der Waals surface area contributed by atoms with Gasteiger partial charge in [0, 0.05) is 11.6 Å². The van der Waals surface area contributed by atoms with Gasteiger partial charge in [-0.3, -0.25) is 4.79 Å². The van der Waals surface area contributed by atoms with Crippen molar-refractivity contribution in [2.45, 2.75) is 44.7 Å². The third kappa shape index (κ3) is 5.54. The van der Waals surface area contributed by atoms with E-state index in [1.807, 2.05) is 45.0 Å². The van der Waals surface area contributed by atoms with Gasteiger partial charge >= 0.3 is 0 Å². The standard InChI is InChI=1S/C20H25ClN2O3S/c1-14(2)12-19(20(22)24)23(13-16-6-4-15(3)5-7-16)27(25,26)18-10-8-17(21)9-11-18/h4-11,14,19H,12-13H2,1-3H3,(H2,22,24)/t19-/m0/s1. The highest BCUT2D eigenvalue weighted by Crippen LogP contribution is 2.25. The first kappa shape index (κ1) is 21.4. The number of nitrogens with two attached hydrogens (primary N) is 1. The molecule has 7 heteroatoms. The minimum atomic E-state index is -3.94. The molecule has 27 heavy (non-hydrogen) atoms. The Hall–Kier alpha value is -1.89. The number of carbonyl (C=O) groups excluding carboxylic acids is 1. The van der Waals surface area contributed by atoms with Gasteiger partial charge in [0.1, 0.15) is 6.04 Å². The fraction of sp³-hybridized carbons (Fsp3) is 0.350. The van der Waals surface area contributed by atoms with Gasteiger partial charge in [0.2, 0.25) is 15.9 Å². The number of hydrogen-bond donors (Lipinski definition) is 1. The lowest BCUT2D eigenvalue weighted by atomic mass is 10.0. The van der Waals surface area contributed by atoms with Crippen LogP contribution in [0.4, 0.5) is 0 Å². The summed E-state index contributed by atoms with van der Waals surface area (Å²) in [7, 11) is -3.94. The molecule has 0 aromatic heterocycles. The van der Waals surface area contributed by atoms with E-state index in [-0.39, 0.29) is 17.4 Å². The number of amides is 1. The summed E-state index contributed by atoms with van der Waals surface area (Å²) in [4.78, 5) is 12.2. The number of primary amides is 1. The molecule has 1 atom stereocenters. The molecule has 0 unspecified atom stereocenters. The molecule has 0 bridgehead atoms. The molecule has 5 nitrogen and oxygen atoms in total. The van der Waals surface area contributed by atoms with E-state index in [4.69, 9.17) is 17.3 Å². The second-order valence-electron chi connectivity index (χ2n) is 7.04. The zero-order chi connectivity index (χ0) is 20.2. The summed E-state index contributed by atoms with van der Waals surface area (Å²) in [5, 5.41) is 0.438. The van der Waals surface area contributed by atoms with E-state index in [1.54, 1.807) is 0 Å². The van der Waals surface area contributed by atoms with Crippen LogP contribution in [0.25, 0.3) is 0 Å². The SMILES string of the molecule is Cc1ccc(CN([C@@H](CC(C)C)C(N)=O)S(=O)(=O)c2ccc(Cl)cc2)cc1. The summed E-state index contributed by atoms with van der Waals surface area (Å²) in [5.41, 5.74) is 7.45. The number of halogens is 1. The number of carbonyl (C=O) groups is 1. The Balaban J connectivity index is 2.51. The van der Waals surface area contributed by atoms with E-state index >= 15 is 0 Å². The van der Waals surface area contributed by atoms with E-state index in [0.29, 0.717) is 11.4 Å². The normalized spacial score (nSPS) is 13.1. The van der Waals surface area contributed by atoms with Gasteiger partial charge in [-0.25, -0.2) is 8.42 Å². The van der Waals surface area contributed by atoms with Crippen molar-refractivity contribution in [2.75, 3.05) is 0 Å². The third-order valence-corrected chi connectivity index (χ3v) is 6.37. The van der Waals surface area contributed by atoms with E-state index in [1.165, 1.54) is 28.6 Å². The van der Waals surface area contributed by atoms with Crippen molar-refractivity contribution in [3.63, 3.8) is 0 Å². The highest BCUT2D eigenvalue weighted by atomic mass is 35.5. The molecular formula is C20H25ClN2O3S. The zero-order valence-corrected chi connectivity index (χ0v) is 17.3. The maximum Gasteiger partial charge on any atom is 0.244 e. The van der Waals surface area contributed by atoms with Crippen LogP contribution in [-0.4, -0.2) is 24.7 Å². The first-order valence-electron chi connectivity index (χ1n) is 8.73. The number of benzene rings is 2. The molecule has 0 saturated heterocycles. The Labute approximate surface area is 166 Å². The second kappa shape index (κ2) is 8.87. The molecule has 0 fully saturated rings. The Morgan fingerprint density at radius 1 is 1.07 bits per heavy atom. The highest BCUT2D eigenvalue weighted by Gasteiger charge is 2.35. The molecule has 146 valence electrons. The summed E-state index contributed by atoms with van der Waals surface area (Å²) >= 11 is 5.89. The van der Waals surface area contributed by atoms with Crippen molar-refractivity contribution in [2.24, 2.45) is 11.7 Å². The summed E-state index contributed by atoms with van der Waals surface area (Å²) in [6.07, 6.45) is 0.341. The molecule has 2 rings (SSSR count). The molecule has 2 aromatic rings. The van der Waals surface area contributed by atoms with Crippen LogP contribution in [0.2, 0.25) is 5.02 Å². The van der Waals surface area contributed by atoms with Crippen molar-refractivity contribution in [1.29, 1.82) is 0 Å². The fourth-order valence-electron chi connectivity index (χ4n) is 2.80.